The molecule has 2 rings (SSSR count). The second kappa shape index (κ2) is 5.97. The Labute approximate surface area is 122 Å². The molecule has 0 radical (unpaired) electrons. The molecule has 0 amide bonds. The van der Waals surface area contributed by atoms with E-state index < -0.39 is 0 Å². The highest BCUT2D eigenvalue weighted by Crippen LogP contribution is 2.36. The average Bonchev–Trinajstić information content (AvgIpc) is 2.87. The van der Waals surface area contributed by atoms with Gasteiger partial charge in [0.15, 0.2) is 0 Å². The van der Waals surface area contributed by atoms with Gasteiger partial charge in [0.1, 0.15) is 11.4 Å². The molecule has 2 atom stereocenters. The van der Waals surface area contributed by atoms with E-state index in [-0.39, 0.29) is 5.54 Å². The first-order chi connectivity index (χ1) is 9.47. The van der Waals surface area contributed by atoms with E-state index >= 15 is 0 Å². The van der Waals surface area contributed by atoms with Crippen molar-refractivity contribution in [2.75, 3.05) is 0 Å². The highest BCUT2D eigenvalue weighted by molar-refractivity contribution is 5.13. The summed E-state index contributed by atoms with van der Waals surface area (Å²) in [5, 5.41) is 13.1. The van der Waals surface area contributed by atoms with Crippen LogP contribution in [0.15, 0.2) is 12.4 Å². The lowest BCUT2D eigenvalue weighted by atomic mass is 9.79. The highest BCUT2D eigenvalue weighted by Gasteiger charge is 2.38. The number of hydrogen-bond donors (Lipinski definition) is 1. The van der Waals surface area contributed by atoms with Crippen LogP contribution >= 0.6 is 0 Å². The van der Waals surface area contributed by atoms with Gasteiger partial charge >= 0.3 is 0 Å². The second-order valence-corrected chi connectivity index (χ2v) is 6.59. The first-order valence-corrected chi connectivity index (χ1v) is 7.69. The van der Waals surface area contributed by atoms with E-state index in [0.717, 1.165) is 31.5 Å². The Morgan fingerprint density at radius 2 is 2.20 bits per heavy atom. The molecule has 1 aromatic heterocycles. The van der Waals surface area contributed by atoms with E-state index in [1.807, 2.05) is 6.20 Å². The van der Waals surface area contributed by atoms with Crippen molar-refractivity contribution >= 4 is 0 Å². The van der Waals surface area contributed by atoms with Crippen LogP contribution in [-0.4, -0.2) is 21.1 Å². The molecule has 2 unspecified atom stereocenters. The summed E-state index contributed by atoms with van der Waals surface area (Å²) in [6.45, 7) is 8.57. The van der Waals surface area contributed by atoms with Crippen molar-refractivity contribution in [2.45, 2.75) is 76.9 Å². The van der Waals surface area contributed by atoms with Crippen LogP contribution in [0.3, 0.4) is 0 Å². The van der Waals surface area contributed by atoms with E-state index in [9.17, 15) is 5.26 Å². The maximum Gasteiger partial charge on any atom is 0.111 e. The third kappa shape index (κ3) is 3.04. The molecule has 1 aromatic rings. The van der Waals surface area contributed by atoms with Crippen molar-refractivity contribution < 1.29 is 0 Å². The van der Waals surface area contributed by atoms with Gasteiger partial charge in [-0.3, -0.25) is 5.32 Å². The van der Waals surface area contributed by atoms with Gasteiger partial charge in [0, 0.05) is 30.4 Å². The number of nitriles is 1. The largest absolute Gasteiger partial charge is 0.332 e. The molecule has 0 aromatic carbocycles. The Hall–Kier alpha value is -1.34. The molecule has 110 valence electrons. The van der Waals surface area contributed by atoms with E-state index in [0.29, 0.717) is 18.0 Å². The van der Waals surface area contributed by atoms with Crippen LogP contribution < -0.4 is 5.32 Å². The monoisotopic (exact) mass is 274 g/mol. The summed E-state index contributed by atoms with van der Waals surface area (Å²) in [4.78, 5) is 4.49. The van der Waals surface area contributed by atoms with Gasteiger partial charge in [-0.05, 0) is 39.5 Å². The average molecular weight is 274 g/mol. The highest BCUT2D eigenvalue weighted by atomic mass is 15.1. The summed E-state index contributed by atoms with van der Waals surface area (Å²) in [5.41, 5.74) is -0.379. The minimum absolute atomic E-state index is 0.334. The SMILES string of the molecule is CC(C)NC1(C#N)CCCC(n2ccnc2C(C)C)C1. The number of aromatic nitrogens is 2. The molecule has 0 spiro atoms. The lowest BCUT2D eigenvalue weighted by Gasteiger charge is -2.39. The molecule has 1 saturated carbocycles. The van der Waals surface area contributed by atoms with Crippen molar-refractivity contribution in [3.8, 4) is 6.07 Å². The lowest BCUT2D eigenvalue weighted by Crippen LogP contribution is -2.50. The van der Waals surface area contributed by atoms with E-state index in [1.54, 1.807) is 0 Å². The number of rotatable bonds is 4. The Morgan fingerprint density at radius 1 is 1.45 bits per heavy atom. The van der Waals surface area contributed by atoms with Crippen LogP contribution in [0.25, 0.3) is 0 Å². The van der Waals surface area contributed by atoms with Gasteiger partial charge in [0.2, 0.25) is 0 Å². The van der Waals surface area contributed by atoms with Crippen LogP contribution in [0.4, 0.5) is 0 Å². The van der Waals surface area contributed by atoms with Crippen molar-refractivity contribution in [1.82, 2.24) is 14.9 Å². The van der Waals surface area contributed by atoms with Gasteiger partial charge in [0.25, 0.3) is 0 Å². The van der Waals surface area contributed by atoms with E-state index in [1.165, 1.54) is 0 Å². The summed E-state index contributed by atoms with van der Waals surface area (Å²) in [6.07, 6.45) is 8.01. The van der Waals surface area contributed by atoms with Crippen LogP contribution in [0.2, 0.25) is 0 Å². The summed E-state index contributed by atoms with van der Waals surface area (Å²) in [6, 6.07) is 3.26. The number of nitrogens with zero attached hydrogens (tertiary/aromatic N) is 3. The molecule has 20 heavy (non-hydrogen) atoms. The van der Waals surface area contributed by atoms with Gasteiger partial charge in [-0.2, -0.15) is 5.26 Å². The third-order valence-electron chi connectivity index (χ3n) is 4.11. The Balaban J connectivity index is 2.22. The molecular formula is C16H26N4. The Bertz CT molecular complexity index is 483. The van der Waals surface area contributed by atoms with Crippen LogP contribution in [0, 0.1) is 11.3 Å². The molecule has 1 fully saturated rings. The molecule has 0 aliphatic heterocycles. The van der Waals surface area contributed by atoms with Crippen LogP contribution in [0.1, 0.15) is 71.2 Å². The molecule has 1 aliphatic rings. The summed E-state index contributed by atoms with van der Waals surface area (Å²) in [7, 11) is 0. The first kappa shape index (κ1) is 15.1. The number of nitrogens with one attached hydrogen (secondary N) is 1. The zero-order chi connectivity index (χ0) is 14.8. The molecule has 4 heteroatoms. The maximum absolute atomic E-state index is 9.65. The fourth-order valence-electron chi connectivity index (χ4n) is 3.38. The number of hydrogen-bond acceptors (Lipinski definition) is 3. The first-order valence-electron chi connectivity index (χ1n) is 7.69. The predicted octanol–water partition coefficient (Wildman–Crippen LogP) is 3.38. The lowest BCUT2D eigenvalue weighted by molar-refractivity contribution is 0.216. The summed E-state index contributed by atoms with van der Waals surface area (Å²) >= 11 is 0. The van der Waals surface area contributed by atoms with Crippen molar-refractivity contribution in [3.63, 3.8) is 0 Å². The zero-order valence-corrected chi connectivity index (χ0v) is 13.1. The molecule has 1 aliphatic carbocycles. The van der Waals surface area contributed by atoms with Crippen molar-refractivity contribution in [3.05, 3.63) is 18.2 Å². The van der Waals surface area contributed by atoms with Crippen molar-refractivity contribution in [2.24, 2.45) is 0 Å². The van der Waals surface area contributed by atoms with Gasteiger partial charge in [-0.15, -0.1) is 0 Å². The van der Waals surface area contributed by atoms with E-state index in [2.05, 4.69) is 54.8 Å². The van der Waals surface area contributed by atoms with Gasteiger partial charge in [-0.25, -0.2) is 4.98 Å². The molecule has 1 heterocycles. The summed E-state index contributed by atoms with van der Waals surface area (Å²) in [5.74, 6) is 1.55. The fourth-order valence-corrected chi connectivity index (χ4v) is 3.38. The topological polar surface area (TPSA) is 53.6 Å². The van der Waals surface area contributed by atoms with Crippen molar-refractivity contribution in [1.29, 1.82) is 5.26 Å². The van der Waals surface area contributed by atoms with Crippen LogP contribution in [-0.2, 0) is 0 Å². The zero-order valence-electron chi connectivity index (χ0n) is 13.1. The van der Waals surface area contributed by atoms with Gasteiger partial charge in [0.05, 0.1) is 6.07 Å². The van der Waals surface area contributed by atoms with E-state index in [4.69, 9.17) is 0 Å². The maximum atomic E-state index is 9.65. The fraction of sp³-hybridized carbons (Fsp3) is 0.750. The Kier molecular flexibility index (Phi) is 4.49. The van der Waals surface area contributed by atoms with Crippen LogP contribution in [0.5, 0.6) is 0 Å². The minimum Gasteiger partial charge on any atom is -0.332 e. The molecule has 0 saturated heterocycles. The standard InChI is InChI=1S/C16H26N4/c1-12(2)15-18-8-9-20(15)14-6-5-7-16(10-14,11-17)19-13(3)4/h8-9,12-14,19H,5-7,10H2,1-4H3. The molecular weight excluding hydrogens is 248 g/mol. The quantitative estimate of drug-likeness (QED) is 0.915. The van der Waals surface area contributed by atoms with Gasteiger partial charge in [-0.1, -0.05) is 13.8 Å². The second-order valence-electron chi connectivity index (χ2n) is 6.59. The van der Waals surface area contributed by atoms with Gasteiger partial charge < -0.3 is 4.57 Å². The molecule has 4 nitrogen and oxygen atoms in total. The minimum atomic E-state index is -0.379. The third-order valence-corrected chi connectivity index (χ3v) is 4.11. The normalized spacial score (nSPS) is 26.9. The molecule has 0 bridgehead atoms. The number of imidazole rings is 1. The smallest absolute Gasteiger partial charge is 0.111 e. The summed E-state index contributed by atoms with van der Waals surface area (Å²) < 4.78 is 2.29. The predicted molar refractivity (Wildman–Crippen MR) is 80.4 cm³/mol. The Morgan fingerprint density at radius 3 is 2.80 bits per heavy atom. The molecule has 1 N–H and O–H groups in total.